The molecule has 0 aliphatic rings. The van der Waals surface area contributed by atoms with Crippen LogP contribution in [0.1, 0.15) is 183 Å². The second-order valence-electron chi connectivity index (χ2n) is 15.4. The van der Waals surface area contributed by atoms with Gasteiger partial charge in [0.2, 0.25) is 0 Å². The van der Waals surface area contributed by atoms with Crippen LogP contribution in [0.15, 0.2) is 54.6 Å². The van der Waals surface area contributed by atoms with Crippen LogP contribution in [0.4, 0.5) is 4.11 Å². The predicted molar refractivity (Wildman–Crippen MR) is 195 cm³/mol. The largest absolute Gasteiger partial charge is 0.315 e. The second-order valence-corrected chi connectivity index (χ2v) is 16.0. The van der Waals surface area contributed by atoms with Gasteiger partial charge in [-0.1, -0.05) is 152 Å². The Hall–Kier alpha value is -2.45. The highest BCUT2D eigenvalue weighted by Gasteiger charge is 2.34. The highest BCUT2D eigenvalue weighted by atomic mass is 28.3. The lowest BCUT2D eigenvalue weighted by molar-refractivity contribution is 0.553. The van der Waals surface area contributed by atoms with E-state index in [-0.39, 0.29) is 5.41 Å². The van der Waals surface area contributed by atoms with Crippen molar-refractivity contribution in [2.24, 2.45) is 5.41 Å². The SMILES string of the molecule is CC(C)c1cc(C(C)C)c(C(=C(c2ccccc2)C(C)(C)C[Si]F)c2c(C(C)C)cc(C(C)C)cc2C(C)C)c(C(C)C)c1. The van der Waals surface area contributed by atoms with E-state index < -0.39 is 9.85 Å². The van der Waals surface area contributed by atoms with E-state index in [1.54, 1.807) is 0 Å². The molecule has 3 aromatic carbocycles. The third-order valence-corrected chi connectivity index (χ3v) is 10.3. The van der Waals surface area contributed by atoms with E-state index in [9.17, 15) is 4.11 Å². The van der Waals surface area contributed by atoms with Crippen molar-refractivity contribution in [1.29, 1.82) is 0 Å². The maximum absolute atomic E-state index is 14.6. The summed E-state index contributed by atoms with van der Waals surface area (Å²) in [6, 6.07) is 21.3. The summed E-state index contributed by atoms with van der Waals surface area (Å²) in [4.78, 5) is 0. The van der Waals surface area contributed by atoms with Crippen molar-refractivity contribution in [3.8, 4) is 0 Å². The lowest BCUT2D eigenvalue weighted by atomic mass is 9.69. The number of rotatable bonds is 12. The molecule has 3 aromatic rings. The molecule has 0 aliphatic heterocycles. The minimum absolute atomic E-state index is 0.333. The van der Waals surface area contributed by atoms with Crippen molar-refractivity contribution in [2.45, 2.75) is 138 Å². The summed E-state index contributed by atoms with van der Waals surface area (Å²) in [7, 11) is -0.620. The van der Waals surface area contributed by atoms with Gasteiger partial charge < -0.3 is 4.11 Å². The maximum Gasteiger partial charge on any atom is 0.295 e. The van der Waals surface area contributed by atoms with Crippen LogP contribution in [-0.4, -0.2) is 9.85 Å². The minimum atomic E-state index is -0.620. The third kappa shape index (κ3) is 7.67. The topological polar surface area (TPSA) is 0 Å². The summed E-state index contributed by atoms with van der Waals surface area (Å²) in [6.07, 6.45) is 0. The Balaban J connectivity index is 2.87. The molecule has 0 bridgehead atoms. The fourth-order valence-corrected chi connectivity index (χ4v) is 7.11. The first-order valence-corrected chi connectivity index (χ1v) is 18.1. The molecule has 0 fully saturated rings. The molecule has 0 aliphatic carbocycles. The molecule has 238 valence electrons. The molecule has 3 rings (SSSR count). The van der Waals surface area contributed by atoms with Crippen molar-refractivity contribution in [1.82, 2.24) is 0 Å². The van der Waals surface area contributed by atoms with Crippen molar-refractivity contribution in [3.05, 3.63) is 105 Å². The number of benzene rings is 3. The summed E-state index contributed by atoms with van der Waals surface area (Å²) in [6.45, 7) is 32.5. The van der Waals surface area contributed by atoms with Gasteiger partial charge in [-0.3, -0.25) is 0 Å². The van der Waals surface area contributed by atoms with E-state index in [0.29, 0.717) is 41.6 Å². The second kappa shape index (κ2) is 14.8. The van der Waals surface area contributed by atoms with Crippen molar-refractivity contribution in [3.63, 3.8) is 0 Å². The van der Waals surface area contributed by atoms with E-state index in [1.165, 1.54) is 61.2 Å². The maximum atomic E-state index is 14.6. The minimum Gasteiger partial charge on any atom is -0.315 e. The number of hydrogen-bond acceptors (Lipinski definition) is 0. The number of allylic oxidation sites excluding steroid dienone is 1. The average Bonchev–Trinajstić information content (AvgIpc) is 2.94. The number of hydrogen-bond donors (Lipinski definition) is 0. The van der Waals surface area contributed by atoms with Crippen LogP contribution in [0.5, 0.6) is 0 Å². The first-order valence-electron chi connectivity index (χ1n) is 17.0. The van der Waals surface area contributed by atoms with Crippen LogP contribution in [0.2, 0.25) is 6.04 Å². The van der Waals surface area contributed by atoms with Gasteiger partial charge in [-0.15, -0.1) is 0 Å². The highest BCUT2D eigenvalue weighted by molar-refractivity contribution is 6.27. The van der Waals surface area contributed by atoms with Crippen molar-refractivity contribution < 1.29 is 4.11 Å². The standard InChI is InChI=1S/C42H59FSi/c1-25(2)32-20-34(27(5)6)38(35(21-32)28(7)8)40(41(42(13,14)24-44-43)31-18-16-15-17-19-31)39-36(29(9)10)22-33(26(3)4)23-37(39)30(11)12/h15-23,25-30H,24H2,1-14H3. The molecular formula is C42H59FSi. The molecule has 2 radical (unpaired) electrons. The molecule has 0 amide bonds. The zero-order valence-electron chi connectivity index (χ0n) is 30.2. The molecule has 0 N–H and O–H groups in total. The Morgan fingerprint density at radius 2 is 0.909 bits per heavy atom. The van der Waals surface area contributed by atoms with Crippen LogP contribution in [0, 0.1) is 5.41 Å². The molecule has 0 aromatic heterocycles. The zero-order valence-corrected chi connectivity index (χ0v) is 31.2. The smallest absolute Gasteiger partial charge is 0.295 e. The van der Waals surface area contributed by atoms with E-state index in [1.807, 2.05) is 0 Å². The van der Waals surface area contributed by atoms with E-state index in [2.05, 4.69) is 152 Å². The summed E-state index contributed by atoms with van der Waals surface area (Å²) >= 11 is 0. The summed E-state index contributed by atoms with van der Waals surface area (Å²) in [5, 5.41) is 0. The molecule has 44 heavy (non-hydrogen) atoms. The van der Waals surface area contributed by atoms with Gasteiger partial charge in [0.05, 0.1) is 0 Å². The van der Waals surface area contributed by atoms with Crippen LogP contribution in [-0.2, 0) is 0 Å². The fourth-order valence-electron chi connectivity index (χ4n) is 6.60. The van der Waals surface area contributed by atoms with E-state index in [4.69, 9.17) is 0 Å². The first kappa shape index (κ1) is 36.0. The van der Waals surface area contributed by atoms with Crippen molar-refractivity contribution in [2.75, 3.05) is 0 Å². The quantitative estimate of drug-likeness (QED) is 0.109. The Morgan fingerprint density at radius 1 is 0.568 bits per heavy atom. The van der Waals surface area contributed by atoms with Gasteiger partial charge in [-0.25, -0.2) is 0 Å². The molecule has 0 nitrogen and oxygen atoms in total. The zero-order chi connectivity index (χ0) is 33.1. The van der Waals surface area contributed by atoms with Gasteiger partial charge in [0.1, 0.15) is 0 Å². The molecule has 0 heterocycles. The monoisotopic (exact) mass is 610 g/mol. The highest BCUT2D eigenvalue weighted by Crippen LogP contribution is 2.52. The van der Waals surface area contributed by atoms with Crippen LogP contribution >= 0.6 is 0 Å². The van der Waals surface area contributed by atoms with Crippen LogP contribution in [0.25, 0.3) is 11.1 Å². The Labute approximate surface area is 273 Å². The summed E-state index contributed by atoms with van der Waals surface area (Å²) < 4.78 is 14.6. The van der Waals surface area contributed by atoms with Gasteiger partial charge in [-0.05, 0) is 108 Å². The fraction of sp³-hybridized carbons (Fsp3) is 0.524. The molecule has 2 heteroatoms. The van der Waals surface area contributed by atoms with Crippen LogP contribution < -0.4 is 0 Å². The first-order chi connectivity index (χ1) is 20.5. The number of halogens is 1. The Kier molecular flexibility index (Phi) is 12.1. The van der Waals surface area contributed by atoms with Crippen LogP contribution in [0.3, 0.4) is 0 Å². The predicted octanol–water partition coefficient (Wildman–Crippen LogP) is 13.4. The van der Waals surface area contributed by atoms with Gasteiger partial charge in [0.15, 0.2) is 0 Å². The van der Waals surface area contributed by atoms with Gasteiger partial charge in [0, 0.05) is 0 Å². The molecule has 0 atom stereocenters. The molecule has 0 saturated carbocycles. The van der Waals surface area contributed by atoms with Crippen molar-refractivity contribution >= 4 is 21.0 Å². The molecule has 0 unspecified atom stereocenters. The summed E-state index contributed by atoms with van der Waals surface area (Å²) in [5.41, 5.74) is 14.5. The normalized spacial score (nSPS) is 12.5. The van der Waals surface area contributed by atoms with Gasteiger partial charge >= 0.3 is 0 Å². The molecular weight excluding hydrogens is 552 g/mol. The summed E-state index contributed by atoms with van der Waals surface area (Å²) in [5.74, 6) is 2.20. The van der Waals surface area contributed by atoms with Gasteiger partial charge in [0.25, 0.3) is 9.85 Å². The van der Waals surface area contributed by atoms with E-state index in [0.717, 1.165) is 0 Å². The Morgan fingerprint density at radius 3 is 1.18 bits per heavy atom. The average molecular weight is 611 g/mol. The lowest BCUT2D eigenvalue weighted by Gasteiger charge is -2.36. The molecule has 0 spiro atoms. The third-order valence-electron chi connectivity index (χ3n) is 9.26. The lowest BCUT2D eigenvalue weighted by Crippen LogP contribution is -2.20. The van der Waals surface area contributed by atoms with Gasteiger partial charge in [-0.2, -0.15) is 0 Å². The Bertz CT molecular complexity index is 1300. The molecule has 0 saturated heterocycles. The van der Waals surface area contributed by atoms with E-state index >= 15 is 0 Å².